The van der Waals surface area contributed by atoms with Crippen LogP contribution in [0.15, 0.2) is 60.3 Å². The maximum atomic E-state index is 15.4. The zero-order chi connectivity index (χ0) is 19.8. The van der Waals surface area contributed by atoms with E-state index in [0.717, 1.165) is 35.7 Å². The Kier molecular flexibility index (Phi) is 4.73. The number of nitrogens with zero attached hydrogens (tertiary/aromatic N) is 2. The van der Waals surface area contributed by atoms with Crippen LogP contribution in [0.25, 0.3) is 10.9 Å². The van der Waals surface area contributed by atoms with Crippen LogP contribution in [0.4, 0.5) is 4.39 Å². The summed E-state index contributed by atoms with van der Waals surface area (Å²) in [7, 11) is 0. The average molecular weight is 391 g/mol. The number of allylic oxidation sites excluding steroid dienone is 4. The topological polar surface area (TPSA) is 33.2 Å². The molecule has 1 aromatic heterocycles. The van der Waals surface area contributed by atoms with Gasteiger partial charge in [0.1, 0.15) is 5.67 Å². The Morgan fingerprint density at radius 1 is 1.21 bits per heavy atom. The molecule has 2 heterocycles. The molecular weight excluding hydrogens is 363 g/mol. The highest BCUT2D eigenvalue weighted by molar-refractivity contribution is 5.81. The van der Waals surface area contributed by atoms with Gasteiger partial charge in [-0.2, -0.15) is 0 Å². The zero-order valence-electron chi connectivity index (χ0n) is 16.7. The molecule has 4 heteroatoms. The largest absolute Gasteiger partial charge is 0.342 e. The lowest BCUT2D eigenvalue weighted by molar-refractivity contribution is -0.135. The van der Waals surface area contributed by atoms with Gasteiger partial charge in [-0.3, -0.25) is 9.78 Å². The van der Waals surface area contributed by atoms with Crippen LogP contribution in [0.5, 0.6) is 0 Å². The number of alkyl halides is 1. The van der Waals surface area contributed by atoms with Crippen molar-refractivity contribution < 1.29 is 9.18 Å². The molecule has 1 aromatic carbocycles. The second-order valence-electron chi connectivity index (χ2n) is 8.86. The normalized spacial score (nSPS) is 23.8. The predicted molar refractivity (Wildman–Crippen MR) is 113 cm³/mol. The summed E-state index contributed by atoms with van der Waals surface area (Å²) in [6, 6.07) is 10.5. The Bertz CT molecular complexity index is 983. The molecule has 1 saturated carbocycles. The van der Waals surface area contributed by atoms with Gasteiger partial charge in [0.05, 0.1) is 5.52 Å². The van der Waals surface area contributed by atoms with E-state index in [2.05, 4.69) is 47.5 Å². The Hall–Kier alpha value is -2.49. The van der Waals surface area contributed by atoms with Crippen molar-refractivity contribution in [3.8, 4) is 0 Å². The van der Waals surface area contributed by atoms with E-state index < -0.39 is 5.67 Å². The van der Waals surface area contributed by atoms with Gasteiger partial charge < -0.3 is 4.90 Å². The SMILES string of the molecule is O=C(C1CC1)N1CCC(F)(CC2=CCC(c3ccc4cccnc4c3)C=C2)CC1. The van der Waals surface area contributed by atoms with Crippen molar-refractivity contribution in [2.24, 2.45) is 5.92 Å². The minimum atomic E-state index is -1.18. The van der Waals surface area contributed by atoms with E-state index in [0.29, 0.717) is 38.3 Å². The molecule has 150 valence electrons. The predicted octanol–water partition coefficient (Wildman–Crippen LogP) is 5.34. The van der Waals surface area contributed by atoms with Crippen molar-refractivity contribution in [1.29, 1.82) is 0 Å². The van der Waals surface area contributed by atoms with Crippen molar-refractivity contribution >= 4 is 16.8 Å². The lowest BCUT2D eigenvalue weighted by Crippen LogP contribution is -2.45. The molecule has 0 bridgehead atoms. The Morgan fingerprint density at radius 3 is 2.76 bits per heavy atom. The molecule has 3 nitrogen and oxygen atoms in total. The number of piperidine rings is 1. The quantitative estimate of drug-likeness (QED) is 0.706. The second-order valence-corrected chi connectivity index (χ2v) is 8.86. The number of hydrogen-bond donors (Lipinski definition) is 0. The number of rotatable bonds is 4. The number of benzene rings is 1. The molecule has 0 spiro atoms. The number of pyridine rings is 1. The summed E-state index contributed by atoms with van der Waals surface area (Å²) in [5.41, 5.74) is 2.17. The maximum absolute atomic E-state index is 15.4. The number of amides is 1. The number of carbonyl (C=O) groups excluding carboxylic acids is 1. The number of likely N-dealkylation sites (tertiary alicyclic amines) is 1. The number of fused-ring (bicyclic) bond motifs is 1. The molecule has 1 aliphatic heterocycles. The van der Waals surface area contributed by atoms with Crippen LogP contribution < -0.4 is 0 Å². The fourth-order valence-electron chi connectivity index (χ4n) is 4.62. The van der Waals surface area contributed by atoms with Gasteiger partial charge in [-0.05, 0) is 55.4 Å². The molecule has 1 atom stereocenters. The van der Waals surface area contributed by atoms with Crippen LogP contribution in [0.2, 0.25) is 0 Å². The lowest BCUT2D eigenvalue weighted by Gasteiger charge is -2.37. The first-order chi connectivity index (χ1) is 14.1. The minimum absolute atomic E-state index is 0.230. The maximum Gasteiger partial charge on any atom is 0.225 e. The summed E-state index contributed by atoms with van der Waals surface area (Å²) in [5, 5.41) is 1.15. The average Bonchev–Trinajstić information content (AvgIpc) is 3.59. The van der Waals surface area contributed by atoms with Gasteiger partial charge in [-0.1, -0.05) is 36.4 Å². The van der Waals surface area contributed by atoms with Crippen LogP contribution in [0.3, 0.4) is 0 Å². The molecular formula is C25H27FN2O. The van der Waals surface area contributed by atoms with E-state index in [-0.39, 0.29) is 11.8 Å². The number of hydrogen-bond acceptors (Lipinski definition) is 2. The summed E-state index contributed by atoms with van der Waals surface area (Å²) in [4.78, 5) is 18.5. The summed E-state index contributed by atoms with van der Waals surface area (Å²) >= 11 is 0. The Balaban J connectivity index is 1.20. The van der Waals surface area contributed by atoms with Gasteiger partial charge >= 0.3 is 0 Å². The third-order valence-electron chi connectivity index (χ3n) is 6.65. The van der Waals surface area contributed by atoms with Gasteiger partial charge in [0.2, 0.25) is 5.91 Å². The molecule has 1 amide bonds. The highest BCUT2D eigenvalue weighted by Crippen LogP contribution is 2.38. The fourth-order valence-corrected chi connectivity index (χ4v) is 4.62. The molecule has 5 rings (SSSR count). The molecule has 0 N–H and O–H groups in total. The van der Waals surface area contributed by atoms with Gasteiger partial charge in [0.15, 0.2) is 0 Å². The summed E-state index contributed by atoms with van der Waals surface area (Å²) in [5.74, 6) is 0.795. The number of carbonyl (C=O) groups is 1. The Labute approximate surface area is 171 Å². The first kappa shape index (κ1) is 18.5. The van der Waals surface area contributed by atoms with Crippen LogP contribution in [0.1, 0.15) is 50.0 Å². The van der Waals surface area contributed by atoms with E-state index >= 15 is 4.39 Å². The minimum Gasteiger partial charge on any atom is -0.342 e. The second kappa shape index (κ2) is 7.40. The van der Waals surface area contributed by atoms with E-state index in [9.17, 15) is 4.79 Å². The molecule has 2 aliphatic carbocycles. The van der Waals surface area contributed by atoms with E-state index in [1.54, 1.807) is 0 Å². The van der Waals surface area contributed by atoms with Crippen molar-refractivity contribution in [3.63, 3.8) is 0 Å². The highest BCUT2D eigenvalue weighted by Gasteiger charge is 2.40. The van der Waals surface area contributed by atoms with Gasteiger partial charge in [-0.25, -0.2) is 4.39 Å². The molecule has 3 aliphatic rings. The highest BCUT2D eigenvalue weighted by atomic mass is 19.1. The summed E-state index contributed by atoms with van der Waals surface area (Å²) in [6.07, 6.45) is 12.6. The van der Waals surface area contributed by atoms with E-state index in [1.807, 2.05) is 17.2 Å². The van der Waals surface area contributed by atoms with Gasteiger partial charge in [0, 0.05) is 42.9 Å². The standard InChI is InChI=1S/C25H27FN2O/c26-25(11-14-28(15-12-25)24(29)21-8-9-21)17-18-3-5-19(6-4-18)22-10-7-20-2-1-13-27-23(20)16-22/h1-5,7,10,13,16,19,21H,6,8-9,11-12,14-15,17H2. The van der Waals surface area contributed by atoms with Crippen molar-refractivity contribution in [1.82, 2.24) is 9.88 Å². The first-order valence-corrected chi connectivity index (χ1v) is 10.8. The summed E-state index contributed by atoms with van der Waals surface area (Å²) in [6.45, 7) is 1.13. The smallest absolute Gasteiger partial charge is 0.225 e. The van der Waals surface area contributed by atoms with Gasteiger partial charge in [0.25, 0.3) is 0 Å². The molecule has 29 heavy (non-hydrogen) atoms. The van der Waals surface area contributed by atoms with E-state index in [1.165, 1.54) is 5.56 Å². The molecule has 0 radical (unpaired) electrons. The van der Waals surface area contributed by atoms with Crippen LogP contribution >= 0.6 is 0 Å². The fraction of sp³-hybridized carbons (Fsp3) is 0.440. The van der Waals surface area contributed by atoms with Crippen molar-refractivity contribution in [2.45, 2.75) is 50.1 Å². The number of halogens is 1. The molecule has 2 fully saturated rings. The third kappa shape index (κ3) is 3.98. The third-order valence-corrected chi connectivity index (χ3v) is 6.65. The lowest BCUT2D eigenvalue weighted by atomic mass is 9.83. The summed E-state index contributed by atoms with van der Waals surface area (Å²) < 4.78 is 15.4. The number of aromatic nitrogens is 1. The Morgan fingerprint density at radius 2 is 2.03 bits per heavy atom. The molecule has 1 saturated heterocycles. The van der Waals surface area contributed by atoms with E-state index in [4.69, 9.17) is 0 Å². The first-order valence-electron chi connectivity index (χ1n) is 10.8. The molecule has 2 aromatic rings. The monoisotopic (exact) mass is 390 g/mol. The van der Waals surface area contributed by atoms with Crippen molar-refractivity contribution in [2.75, 3.05) is 13.1 Å². The van der Waals surface area contributed by atoms with Crippen molar-refractivity contribution in [3.05, 3.63) is 65.9 Å². The van der Waals surface area contributed by atoms with Crippen LogP contribution in [-0.4, -0.2) is 34.5 Å². The molecule has 1 unspecified atom stereocenters. The van der Waals surface area contributed by atoms with Crippen LogP contribution in [0, 0.1) is 5.92 Å². The zero-order valence-corrected chi connectivity index (χ0v) is 16.7. The van der Waals surface area contributed by atoms with Crippen LogP contribution in [-0.2, 0) is 4.79 Å². The van der Waals surface area contributed by atoms with Gasteiger partial charge in [-0.15, -0.1) is 0 Å².